The van der Waals surface area contributed by atoms with Gasteiger partial charge in [-0.1, -0.05) is 11.6 Å². The lowest BCUT2D eigenvalue weighted by Gasteiger charge is -1.96. The summed E-state index contributed by atoms with van der Waals surface area (Å²) in [7, 11) is 0. The van der Waals surface area contributed by atoms with Crippen LogP contribution < -0.4 is 0 Å². The number of nitrogens with one attached hydrogen (secondary N) is 1. The number of aromatic nitrogens is 2. The standard InChI is InChI=1S/C12H7ClN2O2S/c13-8-3-1-7(2-4-8)9-5-6-10(16-9)11-14-15-12(18)17-11/h1-6H,(H,15,18). The molecule has 0 atom stereocenters. The van der Waals surface area contributed by atoms with Gasteiger partial charge >= 0.3 is 0 Å². The van der Waals surface area contributed by atoms with Gasteiger partial charge in [0.2, 0.25) is 0 Å². The summed E-state index contributed by atoms with van der Waals surface area (Å²) in [6.07, 6.45) is 0. The molecule has 0 radical (unpaired) electrons. The van der Waals surface area contributed by atoms with Crippen molar-refractivity contribution in [2.45, 2.75) is 0 Å². The smallest absolute Gasteiger partial charge is 0.284 e. The third-order valence-corrected chi connectivity index (χ3v) is 2.81. The Hall–Kier alpha value is -1.85. The SMILES string of the molecule is S=c1[nH]nc(-c2ccc(-c3ccc(Cl)cc3)o2)o1. The van der Waals surface area contributed by atoms with Crippen molar-refractivity contribution >= 4 is 23.8 Å². The van der Waals surface area contributed by atoms with Crippen molar-refractivity contribution in [1.82, 2.24) is 10.2 Å². The van der Waals surface area contributed by atoms with E-state index in [1.807, 2.05) is 18.2 Å². The normalized spacial score (nSPS) is 10.7. The van der Waals surface area contributed by atoms with Crippen LogP contribution in [-0.2, 0) is 0 Å². The molecule has 0 saturated carbocycles. The highest BCUT2D eigenvalue weighted by Crippen LogP contribution is 2.28. The van der Waals surface area contributed by atoms with E-state index in [4.69, 9.17) is 32.7 Å². The maximum absolute atomic E-state index is 5.83. The molecule has 3 aromatic rings. The van der Waals surface area contributed by atoms with E-state index in [-0.39, 0.29) is 4.84 Å². The predicted molar refractivity (Wildman–Crippen MR) is 69.8 cm³/mol. The highest BCUT2D eigenvalue weighted by molar-refractivity contribution is 7.71. The van der Waals surface area contributed by atoms with E-state index in [1.54, 1.807) is 18.2 Å². The molecular weight excluding hydrogens is 272 g/mol. The summed E-state index contributed by atoms with van der Waals surface area (Å²) in [5.41, 5.74) is 0.930. The molecule has 2 heterocycles. The summed E-state index contributed by atoms with van der Waals surface area (Å²) in [5, 5.41) is 7.12. The van der Waals surface area contributed by atoms with Gasteiger partial charge < -0.3 is 8.83 Å². The van der Waals surface area contributed by atoms with Gasteiger partial charge in [0, 0.05) is 10.6 Å². The number of hydrogen-bond donors (Lipinski definition) is 1. The zero-order valence-corrected chi connectivity index (χ0v) is 10.6. The molecule has 1 aromatic carbocycles. The largest absolute Gasteiger partial charge is 0.451 e. The van der Waals surface area contributed by atoms with Crippen molar-refractivity contribution in [2.24, 2.45) is 0 Å². The number of furan rings is 1. The molecular formula is C12H7ClN2O2S. The monoisotopic (exact) mass is 278 g/mol. The van der Waals surface area contributed by atoms with Gasteiger partial charge in [-0.05, 0) is 48.6 Å². The molecule has 1 N–H and O–H groups in total. The topological polar surface area (TPSA) is 55.0 Å². The van der Waals surface area contributed by atoms with Crippen LogP contribution in [0.25, 0.3) is 23.0 Å². The number of rotatable bonds is 2. The molecule has 0 saturated heterocycles. The number of hydrogen-bond acceptors (Lipinski definition) is 4. The van der Waals surface area contributed by atoms with Crippen LogP contribution in [0.5, 0.6) is 0 Å². The number of aromatic amines is 1. The second kappa shape index (κ2) is 4.44. The summed E-state index contributed by atoms with van der Waals surface area (Å²) >= 11 is 10.6. The van der Waals surface area contributed by atoms with Crippen LogP contribution >= 0.6 is 23.8 Å². The molecule has 3 rings (SSSR count). The summed E-state index contributed by atoms with van der Waals surface area (Å²) in [5.74, 6) is 1.57. The van der Waals surface area contributed by atoms with Crippen molar-refractivity contribution in [3.63, 3.8) is 0 Å². The molecule has 2 aromatic heterocycles. The quantitative estimate of drug-likeness (QED) is 0.710. The molecule has 6 heteroatoms. The minimum atomic E-state index is 0.217. The molecule has 0 aliphatic heterocycles. The second-order valence-electron chi connectivity index (χ2n) is 3.59. The van der Waals surface area contributed by atoms with E-state index in [1.165, 1.54) is 0 Å². The Labute approximate surface area is 112 Å². The van der Waals surface area contributed by atoms with E-state index >= 15 is 0 Å². The van der Waals surface area contributed by atoms with Gasteiger partial charge in [-0.25, -0.2) is 5.10 Å². The number of H-pyrrole nitrogens is 1. The summed E-state index contributed by atoms with van der Waals surface area (Å²) in [6.45, 7) is 0. The zero-order valence-electron chi connectivity index (χ0n) is 9.01. The second-order valence-corrected chi connectivity index (χ2v) is 4.40. The fourth-order valence-electron chi connectivity index (χ4n) is 1.56. The first-order valence-corrected chi connectivity index (χ1v) is 5.93. The molecule has 0 amide bonds. The van der Waals surface area contributed by atoms with E-state index in [9.17, 15) is 0 Å². The molecule has 90 valence electrons. The van der Waals surface area contributed by atoms with Crippen LogP contribution in [0.15, 0.2) is 45.2 Å². The Morgan fingerprint density at radius 3 is 2.39 bits per heavy atom. The number of nitrogens with zero attached hydrogens (tertiary/aromatic N) is 1. The maximum atomic E-state index is 5.83. The fraction of sp³-hybridized carbons (Fsp3) is 0. The van der Waals surface area contributed by atoms with Gasteiger partial charge in [-0.2, -0.15) is 0 Å². The zero-order chi connectivity index (χ0) is 12.5. The molecule has 0 unspecified atom stereocenters. The van der Waals surface area contributed by atoms with Crippen molar-refractivity contribution in [1.29, 1.82) is 0 Å². The van der Waals surface area contributed by atoms with Crippen molar-refractivity contribution in [2.75, 3.05) is 0 Å². The van der Waals surface area contributed by atoms with Crippen molar-refractivity contribution < 1.29 is 8.83 Å². The van der Waals surface area contributed by atoms with Crippen molar-refractivity contribution in [3.8, 4) is 23.0 Å². The molecule has 0 fully saturated rings. The van der Waals surface area contributed by atoms with Gasteiger partial charge in [-0.3, -0.25) is 0 Å². The summed E-state index contributed by atoms with van der Waals surface area (Å²) in [6, 6.07) is 11.0. The first kappa shape index (κ1) is 11.3. The number of halogens is 1. The fourth-order valence-corrected chi connectivity index (χ4v) is 1.81. The maximum Gasteiger partial charge on any atom is 0.284 e. The van der Waals surface area contributed by atoms with Crippen LogP contribution in [0.3, 0.4) is 0 Å². The van der Waals surface area contributed by atoms with Crippen molar-refractivity contribution in [3.05, 3.63) is 46.3 Å². The predicted octanol–water partition coefficient (Wildman–Crippen LogP) is 4.31. The summed E-state index contributed by atoms with van der Waals surface area (Å²) in [4.78, 5) is 0.217. The van der Waals surface area contributed by atoms with E-state index < -0.39 is 0 Å². The molecule has 0 aliphatic rings. The minimum absolute atomic E-state index is 0.217. The lowest BCUT2D eigenvalue weighted by atomic mass is 10.2. The average molecular weight is 279 g/mol. The van der Waals surface area contributed by atoms with Crippen LogP contribution in [0.4, 0.5) is 0 Å². The van der Waals surface area contributed by atoms with Gasteiger partial charge in [0.05, 0.1) is 0 Å². The lowest BCUT2D eigenvalue weighted by molar-refractivity contribution is 0.512. The Morgan fingerprint density at radius 1 is 1.00 bits per heavy atom. The van der Waals surface area contributed by atoms with Gasteiger partial charge in [0.25, 0.3) is 10.7 Å². The Morgan fingerprint density at radius 2 is 1.72 bits per heavy atom. The Kier molecular flexibility index (Phi) is 2.77. The van der Waals surface area contributed by atoms with Crippen LogP contribution in [-0.4, -0.2) is 10.2 Å². The van der Waals surface area contributed by atoms with E-state index in [0.717, 1.165) is 5.56 Å². The number of benzene rings is 1. The molecule has 18 heavy (non-hydrogen) atoms. The van der Waals surface area contributed by atoms with Crippen LogP contribution in [0, 0.1) is 4.84 Å². The average Bonchev–Trinajstić information content (AvgIpc) is 2.98. The van der Waals surface area contributed by atoms with Crippen LogP contribution in [0.2, 0.25) is 5.02 Å². The van der Waals surface area contributed by atoms with E-state index in [0.29, 0.717) is 22.4 Å². The first-order valence-electron chi connectivity index (χ1n) is 5.14. The van der Waals surface area contributed by atoms with Gasteiger partial charge in [0.1, 0.15) is 5.76 Å². The van der Waals surface area contributed by atoms with E-state index in [2.05, 4.69) is 10.2 Å². The molecule has 0 aliphatic carbocycles. The highest BCUT2D eigenvalue weighted by Gasteiger charge is 2.10. The third-order valence-electron chi connectivity index (χ3n) is 2.38. The van der Waals surface area contributed by atoms with Crippen LogP contribution in [0.1, 0.15) is 0 Å². The highest BCUT2D eigenvalue weighted by atomic mass is 35.5. The van der Waals surface area contributed by atoms with Gasteiger partial charge in [0.15, 0.2) is 5.76 Å². The lowest BCUT2D eigenvalue weighted by Crippen LogP contribution is -1.74. The minimum Gasteiger partial charge on any atom is -0.451 e. The Balaban J connectivity index is 1.98. The summed E-state index contributed by atoms with van der Waals surface area (Å²) < 4.78 is 10.8. The Bertz CT molecular complexity index is 727. The molecule has 4 nitrogen and oxygen atoms in total. The first-order chi connectivity index (χ1) is 8.72. The third kappa shape index (κ3) is 2.10. The van der Waals surface area contributed by atoms with Gasteiger partial charge in [-0.15, -0.1) is 5.10 Å². The molecule has 0 spiro atoms. The molecule has 0 bridgehead atoms.